The van der Waals surface area contributed by atoms with E-state index in [9.17, 15) is 0 Å². The normalized spacial score (nSPS) is 10.3. The van der Waals surface area contributed by atoms with Crippen molar-refractivity contribution in [3.05, 3.63) is 35.1 Å². The number of aromatic nitrogens is 2. The van der Waals surface area contributed by atoms with Crippen molar-refractivity contribution < 1.29 is 0 Å². The minimum atomic E-state index is 0.321. The summed E-state index contributed by atoms with van der Waals surface area (Å²) in [5, 5.41) is 1.19. The summed E-state index contributed by atoms with van der Waals surface area (Å²) in [5.41, 5.74) is 2.29. The van der Waals surface area contributed by atoms with Gasteiger partial charge in [0.05, 0.1) is 0 Å². The first-order chi connectivity index (χ1) is 6.25. The van der Waals surface area contributed by atoms with Crippen LogP contribution in [0.3, 0.4) is 0 Å². The van der Waals surface area contributed by atoms with E-state index in [-0.39, 0.29) is 0 Å². The minimum Gasteiger partial charge on any atom is -0.205 e. The van der Waals surface area contributed by atoms with Crippen molar-refractivity contribution in [1.29, 1.82) is 0 Å². The van der Waals surface area contributed by atoms with Gasteiger partial charge >= 0.3 is 0 Å². The molecule has 0 N–H and O–H groups in total. The number of hydrogen-bond donors (Lipinski definition) is 0. The van der Waals surface area contributed by atoms with E-state index < -0.39 is 0 Å². The van der Waals surface area contributed by atoms with Crippen LogP contribution >= 0.6 is 23.1 Å². The Labute approximate surface area is 85.4 Å². The van der Waals surface area contributed by atoms with E-state index in [2.05, 4.69) is 15.4 Å². The Morgan fingerprint density at radius 3 is 2.85 bits per heavy atom. The van der Waals surface area contributed by atoms with Gasteiger partial charge in [0.15, 0.2) is 0 Å². The first-order valence-corrected chi connectivity index (χ1v) is 4.97. The summed E-state index contributed by atoms with van der Waals surface area (Å²) in [6, 6.07) is 8.12. The van der Waals surface area contributed by atoms with Gasteiger partial charge in [0.1, 0.15) is 5.01 Å². The van der Waals surface area contributed by atoms with Crippen molar-refractivity contribution in [1.82, 2.24) is 9.36 Å². The number of hydrogen-bond acceptors (Lipinski definition) is 3. The Bertz CT molecular complexity index is 425. The van der Waals surface area contributed by atoms with Crippen molar-refractivity contribution in [2.75, 3.05) is 0 Å². The van der Waals surface area contributed by atoms with Crippen LogP contribution < -0.4 is 0 Å². The first kappa shape index (κ1) is 8.66. The third kappa shape index (κ3) is 1.87. The zero-order valence-electron chi connectivity index (χ0n) is 6.99. The molecule has 4 heteroatoms. The van der Waals surface area contributed by atoms with E-state index in [1.807, 2.05) is 25.1 Å². The molecule has 0 aliphatic rings. The monoisotopic (exact) mass is 210 g/mol. The highest BCUT2D eigenvalue weighted by atomic mass is 35.5. The average molecular weight is 211 g/mol. The van der Waals surface area contributed by atoms with Crippen LogP contribution in [0, 0.1) is 6.92 Å². The summed E-state index contributed by atoms with van der Waals surface area (Å²) >= 11 is 6.96. The summed E-state index contributed by atoms with van der Waals surface area (Å²) in [5.74, 6) is 0. The quantitative estimate of drug-likeness (QED) is 0.723. The molecule has 2 nitrogen and oxygen atoms in total. The Morgan fingerprint density at radius 2 is 2.23 bits per heavy atom. The molecule has 0 amide bonds. The molecular formula is C9H7ClN2S. The summed E-state index contributed by atoms with van der Waals surface area (Å²) in [6.45, 7) is 2.05. The minimum absolute atomic E-state index is 0.321. The molecule has 0 bridgehead atoms. The van der Waals surface area contributed by atoms with Crippen LogP contribution in [-0.2, 0) is 0 Å². The van der Waals surface area contributed by atoms with Gasteiger partial charge < -0.3 is 0 Å². The van der Waals surface area contributed by atoms with E-state index in [1.165, 1.54) is 17.1 Å². The summed E-state index contributed by atoms with van der Waals surface area (Å²) in [6.07, 6.45) is 0. The van der Waals surface area contributed by atoms with Gasteiger partial charge in [0.25, 0.3) is 0 Å². The Hall–Kier alpha value is -0.930. The second-order valence-electron chi connectivity index (χ2n) is 2.74. The smallest absolute Gasteiger partial charge is 0.205 e. The van der Waals surface area contributed by atoms with E-state index >= 15 is 0 Å². The molecule has 2 rings (SSSR count). The molecule has 1 heterocycles. The maximum atomic E-state index is 5.64. The molecule has 0 radical (unpaired) electrons. The Balaban J connectivity index is 2.46. The third-order valence-electron chi connectivity index (χ3n) is 1.67. The van der Waals surface area contributed by atoms with Gasteiger partial charge in [-0.1, -0.05) is 23.8 Å². The van der Waals surface area contributed by atoms with Crippen LogP contribution in [0.15, 0.2) is 24.3 Å². The fraction of sp³-hybridized carbons (Fsp3) is 0.111. The molecule has 1 aromatic carbocycles. The second-order valence-corrected chi connectivity index (χ2v) is 3.83. The van der Waals surface area contributed by atoms with Gasteiger partial charge in [0, 0.05) is 5.56 Å². The van der Waals surface area contributed by atoms with Gasteiger partial charge in [-0.2, -0.15) is 4.37 Å². The highest BCUT2D eigenvalue weighted by Crippen LogP contribution is 2.23. The van der Waals surface area contributed by atoms with E-state index in [0.717, 1.165) is 10.6 Å². The maximum Gasteiger partial charge on any atom is 0.234 e. The SMILES string of the molecule is Cc1cccc(-c2nc(Cl)ns2)c1. The first-order valence-electron chi connectivity index (χ1n) is 3.82. The Kier molecular flexibility index (Phi) is 2.29. The molecule has 0 saturated carbocycles. The fourth-order valence-corrected chi connectivity index (χ4v) is 1.90. The predicted molar refractivity (Wildman–Crippen MR) is 55.1 cm³/mol. The molecule has 0 saturated heterocycles. The highest BCUT2D eigenvalue weighted by molar-refractivity contribution is 7.09. The topological polar surface area (TPSA) is 25.8 Å². The largest absolute Gasteiger partial charge is 0.234 e. The van der Waals surface area contributed by atoms with E-state index in [1.54, 1.807) is 0 Å². The van der Waals surface area contributed by atoms with Crippen LogP contribution in [0.2, 0.25) is 5.28 Å². The van der Waals surface area contributed by atoms with Crippen molar-refractivity contribution in [2.45, 2.75) is 6.92 Å². The molecule has 13 heavy (non-hydrogen) atoms. The van der Waals surface area contributed by atoms with Gasteiger partial charge in [-0.3, -0.25) is 0 Å². The van der Waals surface area contributed by atoms with Crippen LogP contribution in [0.4, 0.5) is 0 Å². The van der Waals surface area contributed by atoms with Crippen LogP contribution in [-0.4, -0.2) is 9.36 Å². The average Bonchev–Trinajstić information content (AvgIpc) is 2.52. The van der Waals surface area contributed by atoms with Crippen molar-refractivity contribution in [2.24, 2.45) is 0 Å². The number of rotatable bonds is 1. The lowest BCUT2D eigenvalue weighted by molar-refractivity contribution is 1.32. The lowest BCUT2D eigenvalue weighted by atomic mass is 10.1. The second kappa shape index (κ2) is 3.44. The van der Waals surface area contributed by atoms with Gasteiger partial charge in [-0.25, -0.2) is 4.98 Å². The molecule has 0 atom stereocenters. The molecule has 0 spiro atoms. The summed E-state index contributed by atoms with van der Waals surface area (Å²) < 4.78 is 3.92. The molecule has 66 valence electrons. The number of nitrogens with zero attached hydrogens (tertiary/aromatic N) is 2. The fourth-order valence-electron chi connectivity index (χ4n) is 1.10. The van der Waals surface area contributed by atoms with Gasteiger partial charge in [-0.05, 0) is 36.1 Å². The molecule has 1 aromatic heterocycles. The zero-order valence-corrected chi connectivity index (χ0v) is 8.56. The van der Waals surface area contributed by atoms with Gasteiger partial charge in [0.2, 0.25) is 5.28 Å². The van der Waals surface area contributed by atoms with Crippen molar-refractivity contribution in [3.8, 4) is 10.6 Å². The molecule has 0 aliphatic carbocycles. The van der Waals surface area contributed by atoms with E-state index in [4.69, 9.17) is 11.6 Å². The van der Waals surface area contributed by atoms with Crippen LogP contribution in [0.1, 0.15) is 5.56 Å². The van der Waals surface area contributed by atoms with Gasteiger partial charge in [-0.15, -0.1) is 0 Å². The highest BCUT2D eigenvalue weighted by Gasteiger charge is 2.03. The Morgan fingerprint density at radius 1 is 1.38 bits per heavy atom. The third-order valence-corrected chi connectivity index (χ3v) is 2.70. The van der Waals surface area contributed by atoms with E-state index in [0.29, 0.717) is 5.28 Å². The lowest BCUT2D eigenvalue weighted by Crippen LogP contribution is -1.77. The number of benzene rings is 1. The number of halogens is 1. The predicted octanol–water partition coefficient (Wildman–Crippen LogP) is 3.17. The molecular weight excluding hydrogens is 204 g/mol. The maximum absolute atomic E-state index is 5.64. The molecule has 0 fully saturated rings. The molecule has 0 unspecified atom stereocenters. The van der Waals surface area contributed by atoms with Crippen molar-refractivity contribution >= 4 is 23.1 Å². The standard InChI is InChI=1S/C9H7ClN2S/c1-6-3-2-4-7(5-6)8-11-9(10)12-13-8/h2-5H,1H3. The summed E-state index contributed by atoms with van der Waals surface area (Å²) in [7, 11) is 0. The summed E-state index contributed by atoms with van der Waals surface area (Å²) in [4.78, 5) is 4.09. The molecule has 0 aliphatic heterocycles. The van der Waals surface area contributed by atoms with Crippen LogP contribution in [0.5, 0.6) is 0 Å². The lowest BCUT2D eigenvalue weighted by Gasteiger charge is -1.95. The molecule has 2 aromatic rings. The zero-order chi connectivity index (χ0) is 9.26. The van der Waals surface area contributed by atoms with Crippen LogP contribution in [0.25, 0.3) is 10.6 Å². The number of aryl methyl sites for hydroxylation is 1. The van der Waals surface area contributed by atoms with Crippen molar-refractivity contribution in [3.63, 3.8) is 0 Å².